The summed E-state index contributed by atoms with van der Waals surface area (Å²) < 4.78 is 0. The smallest absolute Gasteiger partial charge is 0.133 e. The van der Waals surface area contributed by atoms with Crippen molar-refractivity contribution in [3.8, 4) is 0 Å². The summed E-state index contributed by atoms with van der Waals surface area (Å²) in [5.41, 5.74) is 0. The van der Waals surface area contributed by atoms with Gasteiger partial charge in [-0.25, -0.2) is 9.97 Å². The Labute approximate surface area is 83.8 Å². The van der Waals surface area contributed by atoms with Crippen molar-refractivity contribution in [2.75, 3.05) is 37.5 Å². The molecule has 0 saturated heterocycles. The van der Waals surface area contributed by atoms with Gasteiger partial charge in [-0.15, -0.1) is 0 Å². The van der Waals surface area contributed by atoms with Crippen LogP contribution in [0.25, 0.3) is 0 Å². The second kappa shape index (κ2) is 5.39. The van der Waals surface area contributed by atoms with Gasteiger partial charge in [-0.3, -0.25) is 0 Å². The molecule has 0 radical (unpaired) electrons. The molecule has 0 atom stereocenters. The van der Waals surface area contributed by atoms with Crippen LogP contribution in [-0.2, 0) is 0 Å². The van der Waals surface area contributed by atoms with E-state index in [0.29, 0.717) is 0 Å². The predicted octanol–water partition coefficient (Wildman–Crippen LogP) is 0.337. The van der Waals surface area contributed by atoms with Gasteiger partial charge in [0.25, 0.3) is 0 Å². The van der Waals surface area contributed by atoms with E-state index >= 15 is 0 Å². The summed E-state index contributed by atoms with van der Waals surface area (Å²) in [5.74, 6) is 1.66. The Bertz CT molecular complexity index is 277. The zero-order chi connectivity index (χ0) is 10.4. The van der Waals surface area contributed by atoms with Crippen LogP contribution in [-0.4, -0.2) is 42.3 Å². The van der Waals surface area contributed by atoms with E-state index in [-0.39, 0.29) is 6.61 Å². The third-order valence-corrected chi connectivity index (χ3v) is 1.75. The van der Waals surface area contributed by atoms with Crippen LogP contribution in [0.3, 0.4) is 0 Å². The first kappa shape index (κ1) is 10.7. The molecule has 1 aromatic heterocycles. The third-order valence-electron chi connectivity index (χ3n) is 1.75. The molecule has 14 heavy (non-hydrogen) atoms. The van der Waals surface area contributed by atoms with E-state index in [1.165, 1.54) is 6.33 Å². The van der Waals surface area contributed by atoms with Crippen LogP contribution in [0.1, 0.15) is 6.42 Å². The first-order valence-corrected chi connectivity index (χ1v) is 4.58. The lowest BCUT2D eigenvalue weighted by Gasteiger charge is -2.12. The van der Waals surface area contributed by atoms with Gasteiger partial charge in [0.15, 0.2) is 0 Å². The molecule has 78 valence electrons. The molecule has 1 rings (SSSR count). The summed E-state index contributed by atoms with van der Waals surface area (Å²) >= 11 is 0. The molecular formula is C9H16N4O. The summed E-state index contributed by atoms with van der Waals surface area (Å²) in [5, 5.41) is 11.7. The molecule has 0 bridgehead atoms. The minimum Gasteiger partial charge on any atom is -0.396 e. The molecular weight excluding hydrogens is 180 g/mol. The van der Waals surface area contributed by atoms with Gasteiger partial charge < -0.3 is 15.3 Å². The van der Waals surface area contributed by atoms with Crippen molar-refractivity contribution >= 4 is 11.6 Å². The van der Waals surface area contributed by atoms with E-state index in [1.54, 1.807) is 0 Å². The van der Waals surface area contributed by atoms with E-state index < -0.39 is 0 Å². The topological polar surface area (TPSA) is 61.3 Å². The van der Waals surface area contributed by atoms with Crippen LogP contribution < -0.4 is 10.2 Å². The monoisotopic (exact) mass is 196 g/mol. The number of aromatic nitrogens is 2. The summed E-state index contributed by atoms with van der Waals surface area (Å²) in [4.78, 5) is 10.1. The highest BCUT2D eigenvalue weighted by atomic mass is 16.3. The molecule has 5 heteroatoms. The quantitative estimate of drug-likeness (QED) is 0.665. The average Bonchev–Trinajstić information content (AvgIpc) is 2.19. The van der Waals surface area contributed by atoms with Gasteiger partial charge in [0.05, 0.1) is 0 Å². The molecule has 0 aliphatic heterocycles. The number of nitrogens with zero attached hydrogens (tertiary/aromatic N) is 3. The fourth-order valence-corrected chi connectivity index (χ4v) is 0.984. The number of rotatable bonds is 5. The van der Waals surface area contributed by atoms with Gasteiger partial charge in [0, 0.05) is 33.3 Å². The maximum absolute atomic E-state index is 8.61. The number of anilines is 2. The minimum atomic E-state index is 0.193. The molecule has 0 amide bonds. The summed E-state index contributed by atoms with van der Waals surface area (Å²) in [7, 11) is 3.86. The van der Waals surface area contributed by atoms with E-state index in [0.717, 1.165) is 24.6 Å². The average molecular weight is 196 g/mol. The van der Waals surface area contributed by atoms with Gasteiger partial charge in [0.1, 0.15) is 18.0 Å². The molecule has 5 nitrogen and oxygen atoms in total. The lowest BCUT2D eigenvalue weighted by atomic mass is 10.4. The zero-order valence-electron chi connectivity index (χ0n) is 8.56. The van der Waals surface area contributed by atoms with E-state index in [4.69, 9.17) is 5.11 Å². The maximum atomic E-state index is 8.61. The Kier molecular flexibility index (Phi) is 4.12. The molecule has 0 aromatic carbocycles. The first-order chi connectivity index (χ1) is 6.74. The Morgan fingerprint density at radius 1 is 1.43 bits per heavy atom. The highest BCUT2D eigenvalue weighted by Crippen LogP contribution is 2.10. The fourth-order valence-electron chi connectivity index (χ4n) is 0.984. The van der Waals surface area contributed by atoms with Crippen molar-refractivity contribution in [3.05, 3.63) is 12.4 Å². The van der Waals surface area contributed by atoms with Crippen LogP contribution in [0.15, 0.2) is 12.4 Å². The number of hydrogen-bond acceptors (Lipinski definition) is 5. The summed E-state index contributed by atoms with van der Waals surface area (Å²) in [6, 6.07) is 1.87. The third kappa shape index (κ3) is 3.18. The van der Waals surface area contributed by atoms with E-state index in [9.17, 15) is 0 Å². The van der Waals surface area contributed by atoms with Gasteiger partial charge in [-0.1, -0.05) is 0 Å². The van der Waals surface area contributed by atoms with Crippen LogP contribution in [0.2, 0.25) is 0 Å². The molecule has 0 saturated carbocycles. The van der Waals surface area contributed by atoms with Crippen molar-refractivity contribution in [3.63, 3.8) is 0 Å². The predicted molar refractivity (Wildman–Crippen MR) is 56.6 cm³/mol. The first-order valence-electron chi connectivity index (χ1n) is 4.58. The summed E-state index contributed by atoms with van der Waals surface area (Å²) in [6.45, 7) is 0.916. The van der Waals surface area contributed by atoms with Gasteiger partial charge in [-0.2, -0.15) is 0 Å². The second-order valence-electron chi connectivity index (χ2n) is 3.16. The van der Waals surface area contributed by atoms with Crippen LogP contribution in [0.4, 0.5) is 11.6 Å². The molecule has 0 fully saturated rings. The number of aliphatic hydroxyl groups is 1. The van der Waals surface area contributed by atoms with Gasteiger partial charge in [-0.05, 0) is 6.42 Å². The largest absolute Gasteiger partial charge is 0.396 e. The fraction of sp³-hybridized carbons (Fsp3) is 0.556. The van der Waals surface area contributed by atoms with Gasteiger partial charge in [0.2, 0.25) is 0 Å². The molecule has 0 aliphatic carbocycles. The van der Waals surface area contributed by atoms with E-state index in [1.807, 2.05) is 25.1 Å². The van der Waals surface area contributed by atoms with Crippen LogP contribution in [0.5, 0.6) is 0 Å². The summed E-state index contributed by atoms with van der Waals surface area (Å²) in [6.07, 6.45) is 2.25. The van der Waals surface area contributed by atoms with Gasteiger partial charge >= 0.3 is 0 Å². The highest BCUT2D eigenvalue weighted by Gasteiger charge is 1.98. The van der Waals surface area contributed by atoms with Crippen LogP contribution >= 0.6 is 0 Å². The van der Waals surface area contributed by atoms with E-state index in [2.05, 4.69) is 15.3 Å². The van der Waals surface area contributed by atoms with Crippen molar-refractivity contribution in [1.82, 2.24) is 9.97 Å². The number of hydrogen-bond donors (Lipinski definition) is 2. The molecule has 0 spiro atoms. The number of aliphatic hydroxyl groups excluding tert-OH is 1. The Morgan fingerprint density at radius 3 is 2.86 bits per heavy atom. The number of nitrogens with one attached hydrogen (secondary N) is 1. The molecule has 1 heterocycles. The van der Waals surface area contributed by atoms with Crippen molar-refractivity contribution in [2.24, 2.45) is 0 Å². The van der Waals surface area contributed by atoms with Crippen molar-refractivity contribution < 1.29 is 5.11 Å². The lowest BCUT2D eigenvalue weighted by Crippen LogP contribution is -2.12. The molecule has 2 N–H and O–H groups in total. The molecule has 0 aliphatic rings. The second-order valence-corrected chi connectivity index (χ2v) is 3.16. The standard InChI is InChI=1S/C9H16N4O/c1-13(2)9-6-8(11-7-12-9)10-4-3-5-14/h6-7,14H,3-5H2,1-2H3,(H,10,11,12). The lowest BCUT2D eigenvalue weighted by molar-refractivity contribution is 0.292. The Hall–Kier alpha value is -1.36. The SMILES string of the molecule is CN(C)c1cc(NCCCO)ncn1. The Morgan fingerprint density at radius 2 is 2.21 bits per heavy atom. The highest BCUT2D eigenvalue weighted by molar-refractivity contribution is 5.47. The zero-order valence-corrected chi connectivity index (χ0v) is 8.56. The molecule has 0 unspecified atom stereocenters. The van der Waals surface area contributed by atoms with Crippen molar-refractivity contribution in [1.29, 1.82) is 0 Å². The Balaban J connectivity index is 2.55. The van der Waals surface area contributed by atoms with Crippen LogP contribution in [0, 0.1) is 0 Å². The maximum Gasteiger partial charge on any atom is 0.133 e. The normalized spacial score (nSPS) is 9.93. The molecule has 1 aromatic rings. The minimum absolute atomic E-state index is 0.193. The van der Waals surface area contributed by atoms with Crippen molar-refractivity contribution in [2.45, 2.75) is 6.42 Å².